The molecular formula is C15H16N2O5. The number of hydrogen-bond donors (Lipinski definition) is 3. The van der Waals surface area contributed by atoms with Crippen LogP contribution in [-0.4, -0.2) is 35.5 Å². The van der Waals surface area contributed by atoms with E-state index in [-0.39, 0.29) is 24.5 Å². The van der Waals surface area contributed by atoms with Crippen molar-refractivity contribution in [3.05, 3.63) is 36.4 Å². The van der Waals surface area contributed by atoms with Crippen LogP contribution in [0.4, 0.5) is 5.69 Å². The fourth-order valence-corrected chi connectivity index (χ4v) is 2.01. The molecule has 1 aliphatic rings. The van der Waals surface area contributed by atoms with Gasteiger partial charge in [0.1, 0.15) is 11.8 Å². The number of carboxylic acid groups (broad SMARTS) is 1. The predicted molar refractivity (Wildman–Crippen MR) is 78.9 cm³/mol. The number of nitrogens with one attached hydrogen (secondary N) is 2. The average molecular weight is 304 g/mol. The van der Waals surface area contributed by atoms with E-state index in [1.807, 2.05) is 0 Å². The van der Waals surface area contributed by atoms with Gasteiger partial charge in [-0.1, -0.05) is 6.08 Å². The van der Waals surface area contributed by atoms with Crippen LogP contribution in [0.15, 0.2) is 30.9 Å². The molecule has 1 aromatic rings. The van der Waals surface area contributed by atoms with E-state index in [0.29, 0.717) is 17.9 Å². The lowest BCUT2D eigenvalue weighted by Crippen LogP contribution is -2.40. The number of hydrogen-bond acceptors (Lipinski definition) is 4. The van der Waals surface area contributed by atoms with Crippen molar-refractivity contribution in [2.75, 3.05) is 11.9 Å². The number of benzene rings is 1. The topological polar surface area (TPSA) is 105 Å². The molecule has 0 bridgehead atoms. The first-order valence-corrected chi connectivity index (χ1v) is 6.72. The summed E-state index contributed by atoms with van der Waals surface area (Å²) in [4.78, 5) is 34.5. The average Bonchev–Trinajstić information content (AvgIpc) is 2.50. The molecule has 0 saturated heterocycles. The standard InChI is InChI=1S/C15H16N2O5/c1-2-3-4-10(15(20)21)17-14(19)9-5-6-12-11(7-9)16-13(18)8-22-12/h2,5-7,10H,1,3-4,8H2,(H,16,18)(H,17,19)(H,20,21). The van der Waals surface area contributed by atoms with Crippen molar-refractivity contribution in [3.8, 4) is 5.75 Å². The number of carbonyl (C=O) groups is 3. The van der Waals surface area contributed by atoms with Crippen LogP contribution in [0.5, 0.6) is 5.75 Å². The summed E-state index contributed by atoms with van der Waals surface area (Å²) in [6.07, 6.45) is 2.33. The van der Waals surface area contributed by atoms with Crippen molar-refractivity contribution < 1.29 is 24.2 Å². The Bertz CT molecular complexity index is 626. The summed E-state index contributed by atoms with van der Waals surface area (Å²) in [5.41, 5.74) is 0.635. The molecule has 0 radical (unpaired) electrons. The highest BCUT2D eigenvalue weighted by Crippen LogP contribution is 2.28. The highest BCUT2D eigenvalue weighted by Gasteiger charge is 2.22. The Morgan fingerprint density at radius 2 is 2.27 bits per heavy atom. The number of fused-ring (bicyclic) bond motifs is 1. The molecule has 116 valence electrons. The minimum atomic E-state index is -1.11. The SMILES string of the molecule is C=CCCC(NC(=O)c1ccc2c(c1)NC(=O)CO2)C(=O)O. The minimum Gasteiger partial charge on any atom is -0.482 e. The van der Waals surface area contributed by atoms with Gasteiger partial charge in [-0.3, -0.25) is 9.59 Å². The van der Waals surface area contributed by atoms with E-state index in [9.17, 15) is 14.4 Å². The van der Waals surface area contributed by atoms with Gasteiger partial charge in [0.2, 0.25) is 0 Å². The molecule has 0 aromatic heterocycles. The van der Waals surface area contributed by atoms with Crippen molar-refractivity contribution >= 4 is 23.5 Å². The van der Waals surface area contributed by atoms with E-state index in [0.717, 1.165) is 0 Å². The number of carboxylic acids is 1. The van der Waals surface area contributed by atoms with Crippen LogP contribution in [0.3, 0.4) is 0 Å². The van der Waals surface area contributed by atoms with Gasteiger partial charge in [-0.15, -0.1) is 6.58 Å². The highest BCUT2D eigenvalue weighted by molar-refractivity contribution is 6.00. The smallest absolute Gasteiger partial charge is 0.326 e. The maximum absolute atomic E-state index is 12.1. The second-order valence-electron chi connectivity index (χ2n) is 4.78. The molecule has 2 amide bonds. The fraction of sp³-hybridized carbons (Fsp3) is 0.267. The van der Waals surface area contributed by atoms with Crippen molar-refractivity contribution in [3.63, 3.8) is 0 Å². The molecule has 7 nitrogen and oxygen atoms in total. The first-order chi connectivity index (χ1) is 10.5. The van der Waals surface area contributed by atoms with Gasteiger partial charge in [0.15, 0.2) is 6.61 Å². The third-order valence-corrected chi connectivity index (χ3v) is 3.14. The molecule has 22 heavy (non-hydrogen) atoms. The largest absolute Gasteiger partial charge is 0.482 e. The number of anilines is 1. The van der Waals surface area contributed by atoms with Crippen LogP contribution < -0.4 is 15.4 Å². The molecule has 1 atom stereocenters. The molecule has 2 rings (SSSR count). The summed E-state index contributed by atoms with van der Waals surface area (Å²) >= 11 is 0. The van der Waals surface area contributed by atoms with E-state index in [1.165, 1.54) is 12.1 Å². The number of aliphatic carboxylic acids is 1. The van der Waals surface area contributed by atoms with Crippen LogP contribution in [0.25, 0.3) is 0 Å². The van der Waals surface area contributed by atoms with Crippen LogP contribution in [0.1, 0.15) is 23.2 Å². The minimum absolute atomic E-state index is 0.0683. The number of ether oxygens (including phenoxy) is 1. The van der Waals surface area contributed by atoms with E-state index in [4.69, 9.17) is 9.84 Å². The molecule has 1 unspecified atom stereocenters. The molecule has 1 aliphatic heterocycles. The molecule has 0 aliphatic carbocycles. The third-order valence-electron chi connectivity index (χ3n) is 3.14. The molecule has 1 heterocycles. The van der Waals surface area contributed by atoms with Gasteiger partial charge in [-0.2, -0.15) is 0 Å². The summed E-state index contributed by atoms with van der Waals surface area (Å²) in [5, 5.41) is 14.1. The van der Waals surface area contributed by atoms with E-state index < -0.39 is 17.9 Å². The van der Waals surface area contributed by atoms with Gasteiger partial charge in [-0.05, 0) is 31.0 Å². The number of rotatable bonds is 6. The Morgan fingerprint density at radius 1 is 1.50 bits per heavy atom. The zero-order valence-electron chi connectivity index (χ0n) is 11.8. The second kappa shape index (κ2) is 6.75. The maximum atomic E-state index is 12.1. The molecule has 3 N–H and O–H groups in total. The Labute approximate surface area is 127 Å². The van der Waals surface area contributed by atoms with E-state index >= 15 is 0 Å². The molecule has 1 aromatic carbocycles. The molecule has 0 saturated carbocycles. The van der Waals surface area contributed by atoms with Gasteiger partial charge in [-0.25, -0.2) is 4.79 Å². The molecule has 7 heteroatoms. The van der Waals surface area contributed by atoms with E-state index in [1.54, 1.807) is 12.1 Å². The van der Waals surface area contributed by atoms with Crippen LogP contribution >= 0.6 is 0 Å². The number of amides is 2. The van der Waals surface area contributed by atoms with Gasteiger partial charge < -0.3 is 20.5 Å². The van der Waals surface area contributed by atoms with Crippen LogP contribution in [-0.2, 0) is 9.59 Å². The van der Waals surface area contributed by atoms with Crippen molar-refractivity contribution in [2.45, 2.75) is 18.9 Å². The van der Waals surface area contributed by atoms with Crippen molar-refractivity contribution in [1.29, 1.82) is 0 Å². The first kappa shape index (κ1) is 15.6. The summed E-state index contributed by atoms with van der Waals surface area (Å²) in [5.74, 6) is -1.47. The lowest BCUT2D eigenvalue weighted by Gasteiger charge is -2.19. The van der Waals surface area contributed by atoms with Gasteiger partial charge in [0.05, 0.1) is 5.69 Å². The zero-order chi connectivity index (χ0) is 16.1. The Morgan fingerprint density at radius 3 is 2.95 bits per heavy atom. The van der Waals surface area contributed by atoms with Crippen molar-refractivity contribution in [2.24, 2.45) is 0 Å². The Balaban J connectivity index is 2.11. The highest BCUT2D eigenvalue weighted by atomic mass is 16.5. The summed E-state index contributed by atoms with van der Waals surface area (Å²) in [7, 11) is 0. The maximum Gasteiger partial charge on any atom is 0.326 e. The second-order valence-corrected chi connectivity index (χ2v) is 4.78. The number of allylic oxidation sites excluding steroid dienone is 1. The summed E-state index contributed by atoms with van der Waals surface area (Å²) < 4.78 is 5.19. The fourth-order valence-electron chi connectivity index (χ4n) is 2.01. The quantitative estimate of drug-likeness (QED) is 0.684. The number of carbonyl (C=O) groups excluding carboxylic acids is 2. The van der Waals surface area contributed by atoms with Crippen molar-refractivity contribution in [1.82, 2.24) is 5.32 Å². The van der Waals surface area contributed by atoms with Crippen LogP contribution in [0.2, 0.25) is 0 Å². The third kappa shape index (κ3) is 3.63. The van der Waals surface area contributed by atoms with Gasteiger partial charge in [0, 0.05) is 5.56 Å². The predicted octanol–water partition coefficient (Wildman–Crippen LogP) is 1.17. The Hall–Kier alpha value is -2.83. The normalized spacial score (nSPS) is 14.1. The summed E-state index contributed by atoms with van der Waals surface area (Å²) in [6.45, 7) is 3.46. The monoisotopic (exact) mass is 304 g/mol. The van der Waals surface area contributed by atoms with E-state index in [2.05, 4.69) is 17.2 Å². The Kier molecular flexibility index (Phi) is 4.77. The lowest BCUT2D eigenvalue weighted by atomic mass is 10.1. The zero-order valence-corrected chi connectivity index (χ0v) is 11.8. The molecular weight excluding hydrogens is 288 g/mol. The lowest BCUT2D eigenvalue weighted by molar-refractivity contribution is -0.139. The molecule has 0 spiro atoms. The van der Waals surface area contributed by atoms with Gasteiger partial charge in [0.25, 0.3) is 11.8 Å². The van der Waals surface area contributed by atoms with Crippen LogP contribution in [0, 0.1) is 0 Å². The van der Waals surface area contributed by atoms with Gasteiger partial charge >= 0.3 is 5.97 Å². The summed E-state index contributed by atoms with van der Waals surface area (Å²) in [6, 6.07) is 3.53. The first-order valence-electron chi connectivity index (χ1n) is 6.72. The molecule has 0 fully saturated rings.